The lowest BCUT2D eigenvalue weighted by Crippen LogP contribution is -2.23. The standard InChI is InChI=1S/C21H27N3O4S/c1-29(27,28)21-14-19(10-11-20(21)24(25)26)22-15-17-6-8-18(9-7-17)16-23-12-4-2-3-5-13-23/h6-11,14,22H,2-5,12-13,15-16H2,1H3. The third kappa shape index (κ3) is 6.01. The topological polar surface area (TPSA) is 92.6 Å². The highest BCUT2D eigenvalue weighted by Gasteiger charge is 2.22. The van der Waals surface area contributed by atoms with Crippen molar-refractivity contribution in [2.75, 3.05) is 24.7 Å². The lowest BCUT2D eigenvalue weighted by atomic mass is 10.1. The van der Waals surface area contributed by atoms with Crippen LogP contribution in [0, 0.1) is 10.1 Å². The Balaban J connectivity index is 1.63. The highest BCUT2D eigenvalue weighted by molar-refractivity contribution is 7.90. The summed E-state index contributed by atoms with van der Waals surface area (Å²) >= 11 is 0. The molecule has 0 bridgehead atoms. The number of nitrogens with zero attached hydrogens (tertiary/aromatic N) is 2. The van der Waals surface area contributed by atoms with Crippen molar-refractivity contribution in [3.63, 3.8) is 0 Å². The molecule has 7 nitrogen and oxygen atoms in total. The zero-order valence-electron chi connectivity index (χ0n) is 16.6. The van der Waals surface area contributed by atoms with Crippen LogP contribution in [0.4, 0.5) is 11.4 Å². The van der Waals surface area contributed by atoms with Gasteiger partial charge in [0, 0.05) is 31.1 Å². The van der Waals surface area contributed by atoms with Crippen molar-refractivity contribution in [3.8, 4) is 0 Å². The molecule has 156 valence electrons. The van der Waals surface area contributed by atoms with Crippen molar-refractivity contribution >= 4 is 21.2 Å². The Kier molecular flexibility index (Phi) is 6.87. The molecule has 29 heavy (non-hydrogen) atoms. The summed E-state index contributed by atoms with van der Waals surface area (Å²) in [4.78, 5) is 12.6. The van der Waals surface area contributed by atoms with Crippen LogP contribution in [-0.2, 0) is 22.9 Å². The number of likely N-dealkylation sites (tertiary alicyclic amines) is 1. The first-order chi connectivity index (χ1) is 13.8. The van der Waals surface area contributed by atoms with Gasteiger partial charge in [-0.1, -0.05) is 37.1 Å². The van der Waals surface area contributed by atoms with Gasteiger partial charge in [-0.15, -0.1) is 0 Å². The van der Waals surface area contributed by atoms with E-state index in [-0.39, 0.29) is 4.90 Å². The Morgan fingerprint density at radius 3 is 2.21 bits per heavy atom. The van der Waals surface area contributed by atoms with Crippen molar-refractivity contribution in [2.45, 2.75) is 43.7 Å². The van der Waals surface area contributed by atoms with Gasteiger partial charge >= 0.3 is 0 Å². The molecule has 0 aromatic heterocycles. The normalized spacial score (nSPS) is 15.6. The van der Waals surface area contributed by atoms with Gasteiger partial charge in [-0.05, 0) is 49.2 Å². The summed E-state index contributed by atoms with van der Waals surface area (Å²) in [6, 6.07) is 12.4. The van der Waals surface area contributed by atoms with Crippen molar-refractivity contribution in [2.24, 2.45) is 0 Å². The fraction of sp³-hybridized carbons (Fsp3) is 0.429. The highest BCUT2D eigenvalue weighted by Crippen LogP contribution is 2.27. The number of nitrogens with one attached hydrogen (secondary N) is 1. The van der Waals surface area contributed by atoms with Crippen LogP contribution >= 0.6 is 0 Å². The van der Waals surface area contributed by atoms with Crippen molar-refractivity contribution in [1.82, 2.24) is 4.90 Å². The molecule has 2 aromatic rings. The first-order valence-electron chi connectivity index (χ1n) is 9.85. The molecule has 0 unspecified atom stereocenters. The number of benzene rings is 2. The molecule has 1 heterocycles. The molecule has 0 amide bonds. The van der Waals surface area contributed by atoms with Crippen LogP contribution in [0.2, 0.25) is 0 Å². The fourth-order valence-corrected chi connectivity index (χ4v) is 4.45. The van der Waals surface area contributed by atoms with E-state index in [4.69, 9.17) is 0 Å². The van der Waals surface area contributed by atoms with E-state index < -0.39 is 20.4 Å². The second kappa shape index (κ2) is 9.37. The number of anilines is 1. The summed E-state index contributed by atoms with van der Waals surface area (Å²) in [5.41, 5.74) is 2.47. The zero-order chi connectivity index (χ0) is 20.9. The van der Waals surface area contributed by atoms with E-state index in [0.717, 1.165) is 31.5 Å². The van der Waals surface area contributed by atoms with Crippen LogP contribution in [-0.4, -0.2) is 37.6 Å². The maximum absolute atomic E-state index is 11.9. The maximum Gasteiger partial charge on any atom is 0.288 e. The molecule has 0 spiro atoms. The first kappa shape index (κ1) is 21.3. The number of nitro groups is 1. The van der Waals surface area contributed by atoms with E-state index >= 15 is 0 Å². The molecule has 1 fully saturated rings. The Bertz CT molecular complexity index is 950. The van der Waals surface area contributed by atoms with E-state index in [1.54, 1.807) is 0 Å². The smallest absolute Gasteiger partial charge is 0.288 e. The van der Waals surface area contributed by atoms with Crippen LogP contribution < -0.4 is 5.32 Å². The molecule has 0 radical (unpaired) electrons. The molecule has 3 rings (SSSR count). The minimum Gasteiger partial charge on any atom is -0.381 e. The molecule has 1 saturated heterocycles. The largest absolute Gasteiger partial charge is 0.381 e. The number of nitro benzene ring substituents is 1. The predicted octanol–water partition coefficient (Wildman–Crippen LogP) is 3.99. The van der Waals surface area contributed by atoms with Crippen LogP contribution in [0.25, 0.3) is 0 Å². The summed E-state index contributed by atoms with van der Waals surface area (Å²) in [6.45, 7) is 3.79. The molecule has 1 aliphatic rings. The van der Waals surface area contributed by atoms with Gasteiger partial charge < -0.3 is 5.32 Å². The molecule has 1 aliphatic heterocycles. The zero-order valence-corrected chi connectivity index (χ0v) is 17.5. The average molecular weight is 418 g/mol. The Morgan fingerprint density at radius 2 is 1.62 bits per heavy atom. The van der Waals surface area contributed by atoms with Gasteiger partial charge in [-0.25, -0.2) is 8.42 Å². The lowest BCUT2D eigenvalue weighted by molar-refractivity contribution is -0.387. The molecule has 8 heteroatoms. The Hall–Kier alpha value is -2.45. The summed E-state index contributed by atoms with van der Waals surface area (Å²) < 4.78 is 23.7. The molecular formula is C21H27N3O4S. The third-order valence-electron chi connectivity index (χ3n) is 5.18. The van der Waals surface area contributed by atoms with Crippen LogP contribution in [0.1, 0.15) is 36.8 Å². The van der Waals surface area contributed by atoms with Crippen molar-refractivity contribution in [1.29, 1.82) is 0 Å². The van der Waals surface area contributed by atoms with Crippen LogP contribution in [0.5, 0.6) is 0 Å². The average Bonchev–Trinajstić information content (AvgIpc) is 2.95. The second-order valence-corrected chi connectivity index (χ2v) is 9.56. The summed E-state index contributed by atoms with van der Waals surface area (Å²) in [5.74, 6) is 0. The number of sulfone groups is 1. The molecule has 1 N–H and O–H groups in total. The number of rotatable bonds is 7. The Labute approximate surface area is 171 Å². The van der Waals surface area contributed by atoms with Gasteiger partial charge in [0.05, 0.1) is 4.92 Å². The van der Waals surface area contributed by atoms with Gasteiger partial charge in [0.25, 0.3) is 5.69 Å². The van der Waals surface area contributed by atoms with Gasteiger partial charge in [0.15, 0.2) is 9.84 Å². The van der Waals surface area contributed by atoms with E-state index in [2.05, 4.69) is 34.5 Å². The molecular weight excluding hydrogens is 390 g/mol. The van der Waals surface area contributed by atoms with Gasteiger partial charge in [0.1, 0.15) is 4.90 Å². The summed E-state index contributed by atoms with van der Waals surface area (Å²) in [6.07, 6.45) is 6.16. The number of hydrogen-bond donors (Lipinski definition) is 1. The minimum atomic E-state index is -3.69. The number of hydrogen-bond acceptors (Lipinski definition) is 6. The van der Waals surface area contributed by atoms with Crippen LogP contribution in [0.15, 0.2) is 47.4 Å². The van der Waals surface area contributed by atoms with Gasteiger partial charge in [0.2, 0.25) is 0 Å². The SMILES string of the molecule is CS(=O)(=O)c1cc(NCc2ccc(CN3CCCCCC3)cc2)ccc1[N+](=O)[O-]. The predicted molar refractivity (Wildman–Crippen MR) is 114 cm³/mol. The summed E-state index contributed by atoms with van der Waals surface area (Å²) in [5, 5.41) is 14.2. The van der Waals surface area contributed by atoms with Gasteiger partial charge in [-0.3, -0.25) is 15.0 Å². The molecule has 0 saturated carbocycles. The third-order valence-corrected chi connectivity index (χ3v) is 6.31. The Morgan fingerprint density at radius 1 is 1.00 bits per heavy atom. The summed E-state index contributed by atoms with van der Waals surface area (Å²) in [7, 11) is -3.69. The maximum atomic E-state index is 11.9. The van der Waals surface area contributed by atoms with E-state index in [1.807, 2.05) is 0 Å². The second-order valence-electron chi connectivity index (χ2n) is 7.57. The lowest BCUT2D eigenvalue weighted by Gasteiger charge is -2.19. The van der Waals surface area contributed by atoms with E-state index in [1.165, 1.54) is 49.4 Å². The fourth-order valence-electron chi connectivity index (χ4n) is 3.59. The van der Waals surface area contributed by atoms with Crippen LogP contribution in [0.3, 0.4) is 0 Å². The first-order valence-corrected chi connectivity index (χ1v) is 11.7. The quantitative estimate of drug-likeness (QED) is 0.541. The molecule has 2 aromatic carbocycles. The molecule has 0 aliphatic carbocycles. The minimum absolute atomic E-state index is 0.278. The van der Waals surface area contributed by atoms with E-state index in [9.17, 15) is 18.5 Å². The highest BCUT2D eigenvalue weighted by atomic mass is 32.2. The molecule has 0 atom stereocenters. The monoisotopic (exact) mass is 417 g/mol. The van der Waals surface area contributed by atoms with Gasteiger partial charge in [-0.2, -0.15) is 0 Å². The van der Waals surface area contributed by atoms with E-state index in [0.29, 0.717) is 12.2 Å². The van der Waals surface area contributed by atoms with Crippen molar-refractivity contribution < 1.29 is 13.3 Å². The van der Waals surface area contributed by atoms with Crippen molar-refractivity contribution in [3.05, 3.63) is 63.7 Å².